The molecule has 0 spiro atoms. The maximum absolute atomic E-state index is 11.7. The zero-order valence-electron chi connectivity index (χ0n) is 7.64. The minimum absolute atomic E-state index is 0.303. The van der Waals surface area contributed by atoms with Crippen LogP contribution in [0.15, 0.2) is 21.4 Å². The van der Waals surface area contributed by atoms with Crippen LogP contribution in [0.2, 0.25) is 0 Å². The van der Waals surface area contributed by atoms with Gasteiger partial charge in [0, 0.05) is 12.6 Å². The van der Waals surface area contributed by atoms with Crippen LogP contribution in [-0.4, -0.2) is 34.5 Å². The van der Waals surface area contributed by atoms with Crippen molar-refractivity contribution >= 4 is 27.8 Å². The van der Waals surface area contributed by atoms with E-state index in [0.717, 1.165) is 0 Å². The van der Waals surface area contributed by atoms with E-state index < -0.39 is 12.0 Å². The molecule has 1 aliphatic rings. The van der Waals surface area contributed by atoms with E-state index in [1.165, 1.54) is 17.2 Å². The largest absolute Gasteiger partial charge is 0.480 e. The zero-order chi connectivity index (χ0) is 11.0. The Bertz CT molecular complexity index is 414. The lowest BCUT2D eigenvalue weighted by atomic mass is 10.0. The quantitative estimate of drug-likeness (QED) is 0.883. The molecule has 0 aliphatic carbocycles. The Morgan fingerprint density at radius 3 is 2.73 bits per heavy atom. The highest BCUT2D eigenvalue weighted by molar-refractivity contribution is 9.10. The molecule has 0 aromatic carbocycles. The van der Waals surface area contributed by atoms with Gasteiger partial charge in [-0.05, 0) is 22.4 Å². The van der Waals surface area contributed by atoms with Gasteiger partial charge in [-0.3, -0.25) is 4.79 Å². The lowest BCUT2D eigenvalue weighted by Crippen LogP contribution is -2.55. The molecule has 1 unspecified atom stereocenters. The molecular weight excluding hydrogens is 266 g/mol. The summed E-state index contributed by atoms with van der Waals surface area (Å²) >= 11 is 3.08. The average molecular weight is 274 g/mol. The van der Waals surface area contributed by atoms with Crippen molar-refractivity contribution in [3.05, 3.63) is 22.6 Å². The number of halogens is 1. The summed E-state index contributed by atoms with van der Waals surface area (Å²) in [5, 5.41) is 8.78. The standard InChI is InChI=1S/C9H8BrNO4/c10-7-3-5(4-15-7)8(12)11-2-1-6(11)9(13)14/h3-4,6H,1-2H2,(H,13,14). The van der Waals surface area contributed by atoms with Gasteiger partial charge < -0.3 is 14.4 Å². The number of hydrogen-bond donors (Lipinski definition) is 1. The second kappa shape index (κ2) is 3.69. The van der Waals surface area contributed by atoms with Crippen molar-refractivity contribution in [3.63, 3.8) is 0 Å². The lowest BCUT2D eigenvalue weighted by molar-refractivity contribution is -0.146. The van der Waals surface area contributed by atoms with Crippen molar-refractivity contribution in [2.45, 2.75) is 12.5 Å². The molecule has 6 heteroatoms. The smallest absolute Gasteiger partial charge is 0.326 e. The van der Waals surface area contributed by atoms with E-state index in [1.54, 1.807) is 0 Å². The van der Waals surface area contributed by atoms with Gasteiger partial charge in [-0.15, -0.1) is 0 Å². The van der Waals surface area contributed by atoms with Crippen LogP contribution >= 0.6 is 15.9 Å². The third-order valence-electron chi connectivity index (χ3n) is 2.38. The van der Waals surface area contributed by atoms with Crippen LogP contribution in [0.5, 0.6) is 0 Å². The Balaban J connectivity index is 2.12. The Labute approximate surface area is 93.8 Å². The molecular formula is C9H8BrNO4. The summed E-state index contributed by atoms with van der Waals surface area (Å²) in [5.41, 5.74) is 0.368. The van der Waals surface area contributed by atoms with Crippen LogP contribution in [0.25, 0.3) is 0 Å². The predicted octanol–water partition coefficient (Wildman–Crippen LogP) is 1.34. The number of carboxylic acid groups (broad SMARTS) is 1. The van der Waals surface area contributed by atoms with Crippen LogP contribution in [-0.2, 0) is 4.79 Å². The Morgan fingerprint density at radius 1 is 1.60 bits per heavy atom. The first kappa shape index (κ1) is 10.2. The zero-order valence-corrected chi connectivity index (χ0v) is 9.23. The van der Waals surface area contributed by atoms with E-state index in [0.29, 0.717) is 23.2 Å². The maximum atomic E-state index is 11.7. The summed E-state index contributed by atoms with van der Waals surface area (Å²) in [7, 11) is 0. The van der Waals surface area contributed by atoms with Gasteiger partial charge in [0.15, 0.2) is 4.67 Å². The number of furan rings is 1. The van der Waals surface area contributed by atoms with Gasteiger partial charge in [-0.1, -0.05) is 0 Å². The molecule has 80 valence electrons. The molecule has 1 N–H and O–H groups in total. The SMILES string of the molecule is O=C(O)C1CCN1C(=O)c1coc(Br)c1. The van der Waals surface area contributed by atoms with Gasteiger partial charge in [0.05, 0.1) is 5.56 Å². The number of likely N-dealkylation sites (tertiary alicyclic amines) is 1. The van der Waals surface area contributed by atoms with Gasteiger partial charge >= 0.3 is 5.97 Å². The summed E-state index contributed by atoms with van der Waals surface area (Å²) in [6.45, 7) is 0.485. The summed E-state index contributed by atoms with van der Waals surface area (Å²) in [5.74, 6) is -1.26. The van der Waals surface area contributed by atoms with Crippen molar-refractivity contribution in [2.75, 3.05) is 6.54 Å². The lowest BCUT2D eigenvalue weighted by Gasteiger charge is -2.37. The monoisotopic (exact) mass is 273 g/mol. The second-order valence-corrected chi connectivity index (χ2v) is 4.06. The third kappa shape index (κ3) is 1.77. The average Bonchev–Trinajstić information content (AvgIpc) is 2.48. The van der Waals surface area contributed by atoms with Crippen LogP contribution in [0, 0.1) is 0 Å². The van der Waals surface area contributed by atoms with Crippen LogP contribution in [0.1, 0.15) is 16.8 Å². The Kier molecular flexibility index (Phi) is 2.52. The highest BCUT2D eigenvalue weighted by Gasteiger charge is 2.38. The molecule has 1 aromatic rings. The second-order valence-electron chi connectivity index (χ2n) is 3.28. The molecule has 1 atom stereocenters. The summed E-state index contributed by atoms with van der Waals surface area (Å²) in [4.78, 5) is 23.8. The first-order valence-corrected chi connectivity index (χ1v) is 5.16. The number of rotatable bonds is 2. The molecule has 1 fully saturated rings. The van der Waals surface area contributed by atoms with Gasteiger partial charge in [0.2, 0.25) is 0 Å². The van der Waals surface area contributed by atoms with Crippen LogP contribution < -0.4 is 0 Å². The van der Waals surface area contributed by atoms with E-state index in [1.807, 2.05) is 0 Å². The van der Waals surface area contributed by atoms with Gasteiger partial charge in [0.1, 0.15) is 12.3 Å². The molecule has 0 radical (unpaired) electrons. The maximum Gasteiger partial charge on any atom is 0.326 e. The van der Waals surface area contributed by atoms with Crippen molar-refractivity contribution in [1.29, 1.82) is 0 Å². The fraction of sp³-hybridized carbons (Fsp3) is 0.333. The number of nitrogens with zero attached hydrogens (tertiary/aromatic N) is 1. The van der Waals surface area contributed by atoms with E-state index in [-0.39, 0.29) is 5.91 Å². The first-order chi connectivity index (χ1) is 7.09. The van der Waals surface area contributed by atoms with Crippen molar-refractivity contribution in [3.8, 4) is 0 Å². The van der Waals surface area contributed by atoms with Gasteiger partial charge in [0.25, 0.3) is 5.91 Å². The van der Waals surface area contributed by atoms with Gasteiger partial charge in [-0.25, -0.2) is 4.79 Å². The molecule has 0 saturated carbocycles. The van der Waals surface area contributed by atoms with Crippen LogP contribution in [0.4, 0.5) is 0 Å². The predicted molar refractivity (Wildman–Crippen MR) is 53.5 cm³/mol. The number of carboxylic acids is 1. The molecule has 2 heterocycles. The number of carbonyl (C=O) groups excluding carboxylic acids is 1. The molecule has 5 nitrogen and oxygen atoms in total. The van der Waals surface area contributed by atoms with Gasteiger partial charge in [-0.2, -0.15) is 0 Å². The first-order valence-electron chi connectivity index (χ1n) is 4.37. The van der Waals surface area contributed by atoms with Crippen molar-refractivity contribution in [2.24, 2.45) is 0 Å². The molecule has 1 amide bonds. The van der Waals surface area contributed by atoms with E-state index >= 15 is 0 Å². The molecule has 1 aromatic heterocycles. The minimum Gasteiger partial charge on any atom is -0.480 e. The topological polar surface area (TPSA) is 70.8 Å². The fourth-order valence-corrected chi connectivity index (χ4v) is 1.82. The molecule has 15 heavy (non-hydrogen) atoms. The van der Waals surface area contributed by atoms with E-state index in [2.05, 4.69) is 15.9 Å². The molecule has 1 aliphatic heterocycles. The number of hydrogen-bond acceptors (Lipinski definition) is 3. The van der Waals surface area contributed by atoms with Crippen molar-refractivity contribution in [1.82, 2.24) is 4.90 Å². The Hall–Kier alpha value is -1.30. The Morgan fingerprint density at radius 2 is 2.33 bits per heavy atom. The summed E-state index contributed by atoms with van der Waals surface area (Å²) in [6.07, 6.45) is 1.82. The van der Waals surface area contributed by atoms with E-state index in [9.17, 15) is 9.59 Å². The highest BCUT2D eigenvalue weighted by atomic mass is 79.9. The molecule has 1 saturated heterocycles. The normalized spacial score (nSPS) is 19.8. The molecule has 0 bridgehead atoms. The summed E-state index contributed by atoms with van der Waals surface area (Å²) in [6, 6.07) is 0.839. The van der Waals surface area contributed by atoms with Crippen molar-refractivity contribution < 1.29 is 19.1 Å². The number of carbonyl (C=O) groups is 2. The summed E-state index contributed by atoms with van der Waals surface area (Å²) < 4.78 is 5.38. The molecule has 2 rings (SSSR count). The third-order valence-corrected chi connectivity index (χ3v) is 2.80. The van der Waals surface area contributed by atoms with E-state index in [4.69, 9.17) is 9.52 Å². The number of amides is 1. The minimum atomic E-state index is -0.961. The van der Waals surface area contributed by atoms with Crippen LogP contribution in [0.3, 0.4) is 0 Å². The highest BCUT2D eigenvalue weighted by Crippen LogP contribution is 2.23. The fourth-order valence-electron chi connectivity index (χ4n) is 1.48. The number of aliphatic carboxylic acids is 1.